The summed E-state index contributed by atoms with van der Waals surface area (Å²) in [6.07, 6.45) is 5.74. The molecular weight excluding hydrogens is 220 g/mol. The standard InChI is InChI=1S/C16H12N2/c1-2-7-16-13(5-1)8-9-15(18-16)11-10-14-6-3-4-12-17-14/h1-12H/b11-10+. The minimum atomic E-state index is 0.937. The number of rotatable bonds is 2. The normalized spacial score (nSPS) is 11.1. The van der Waals surface area contributed by atoms with E-state index in [1.165, 1.54) is 0 Å². The van der Waals surface area contributed by atoms with E-state index in [1.807, 2.05) is 54.6 Å². The van der Waals surface area contributed by atoms with E-state index in [2.05, 4.69) is 22.1 Å². The number of aromatic nitrogens is 2. The third-order valence-electron chi connectivity index (χ3n) is 2.73. The number of hydrogen-bond acceptors (Lipinski definition) is 2. The second kappa shape index (κ2) is 4.80. The molecule has 0 fully saturated rings. The molecule has 0 saturated heterocycles. The Morgan fingerprint density at radius 1 is 0.722 bits per heavy atom. The van der Waals surface area contributed by atoms with Crippen LogP contribution in [0.1, 0.15) is 11.4 Å². The molecule has 0 aliphatic rings. The van der Waals surface area contributed by atoms with Crippen molar-refractivity contribution in [1.29, 1.82) is 0 Å². The Balaban J connectivity index is 1.93. The fraction of sp³-hybridized carbons (Fsp3) is 0. The first-order valence-electron chi connectivity index (χ1n) is 5.87. The molecule has 2 heterocycles. The lowest BCUT2D eigenvalue weighted by molar-refractivity contribution is 1.30. The molecule has 0 N–H and O–H groups in total. The van der Waals surface area contributed by atoms with Gasteiger partial charge in [0.25, 0.3) is 0 Å². The highest BCUT2D eigenvalue weighted by molar-refractivity contribution is 5.80. The summed E-state index contributed by atoms with van der Waals surface area (Å²) in [5, 5.41) is 1.16. The third kappa shape index (κ3) is 2.28. The van der Waals surface area contributed by atoms with Crippen molar-refractivity contribution in [2.24, 2.45) is 0 Å². The third-order valence-corrected chi connectivity index (χ3v) is 2.73. The number of benzene rings is 1. The largest absolute Gasteiger partial charge is 0.257 e. The van der Waals surface area contributed by atoms with Gasteiger partial charge in [-0.2, -0.15) is 0 Å². The fourth-order valence-electron chi connectivity index (χ4n) is 1.82. The Labute approximate surface area is 106 Å². The van der Waals surface area contributed by atoms with Crippen LogP contribution >= 0.6 is 0 Å². The maximum absolute atomic E-state index is 4.58. The average Bonchev–Trinajstić information content (AvgIpc) is 2.46. The Kier molecular flexibility index (Phi) is 2.84. The van der Waals surface area contributed by atoms with Crippen LogP contribution in [-0.4, -0.2) is 9.97 Å². The Bertz CT molecular complexity index is 688. The second-order valence-electron chi connectivity index (χ2n) is 4.02. The summed E-state index contributed by atoms with van der Waals surface area (Å²) in [5.74, 6) is 0. The molecule has 0 unspecified atom stereocenters. The number of nitrogens with zero attached hydrogens (tertiary/aromatic N) is 2. The van der Waals surface area contributed by atoms with Gasteiger partial charge in [-0.15, -0.1) is 0 Å². The van der Waals surface area contributed by atoms with Crippen LogP contribution in [0.5, 0.6) is 0 Å². The Morgan fingerprint density at radius 3 is 2.44 bits per heavy atom. The van der Waals surface area contributed by atoms with Gasteiger partial charge in [0.05, 0.1) is 16.9 Å². The smallest absolute Gasteiger partial charge is 0.0709 e. The van der Waals surface area contributed by atoms with Gasteiger partial charge in [0, 0.05) is 11.6 Å². The van der Waals surface area contributed by atoms with Gasteiger partial charge in [-0.3, -0.25) is 4.98 Å². The maximum atomic E-state index is 4.58. The molecule has 0 amide bonds. The second-order valence-corrected chi connectivity index (χ2v) is 4.02. The van der Waals surface area contributed by atoms with Gasteiger partial charge in [-0.25, -0.2) is 4.98 Å². The molecule has 0 spiro atoms. The first kappa shape index (κ1) is 10.7. The molecule has 0 bridgehead atoms. The van der Waals surface area contributed by atoms with Gasteiger partial charge in [0.15, 0.2) is 0 Å². The molecule has 86 valence electrons. The van der Waals surface area contributed by atoms with Gasteiger partial charge in [-0.1, -0.05) is 30.3 Å². The lowest BCUT2D eigenvalue weighted by Gasteiger charge is -1.98. The van der Waals surface area contributed by atoms with E-state index in [0.717, 1.165) is 22.3 Å². The van der Waals surface area contributed by atoms with Crippen LogP contribution in [0.25, 0.3) is 23.1 Å². The number of hydrogen-bond donors (Lipinski definition) is 0. The van der Waals surface area contributed by atoms with E-state index in [1.54, 1.807) is 6.20 Å². The molecule has 2 aromatic heterocycles. The van der Waals surface area contributed by atoms with Crippen molar-refractivity contribution in [3.8, 4) is 0 Å². The predicted molar refractivity (Wildman–Crippen MR) is 74.9 cm³/mol. The first-order valence-corrected chi connectivity index (χ1v) is 5.87. The molecule has 1 aromatic carbocycles. The van der Waals surface area contributed by atoms with Crippen molar-refractivity contribution < 1.29 is 0 Å². The molecule has 2 nitrogen and oxygen atoms in total. The van der Waals surface area contributed by atoms with Crippen molar-refractivity contribution in [2.45, 2.75) is 0 Å². The molecule has 0 aliphatic heterocycles. The Hall–Kier alpha value is -2.48. The number of pyridine rings is 2. The lowest BCUT2D eigenvalue weighted by Crippen LogP contribution is -1.83. The summed E-state index contributed by atoms with van der Waals surface area (Å²) in [5.41, 5.74) is 2.90. The lowest BCUT2D eigenvalue weighted by atomic mass is 10.2. The zero-order chi connectivity index (χ0) is 12.2. The fourth-order valence-corrected chi connectivity index (χ4v) is 1.82. The average molecular weight is 232 g/mol. The molecule has 0 saturated carbocycles. The van der Waals surface area contributed by atoms with Crippen LogP contribution in [0.2, 0.25) is 0 Å². The molecule has 0 aliphatic carbocycles. The van der Waals surface area contributed by atoms with Crippen molar-refractivity contribution in [3.63, 3.8) is 0 Å². The summed E-state index contributed by atoms with van der Waals surface area (Å²) >= 11 is 0. The van der Waals surface area contributed by atoms with Crippen LogP contribution < -0.4 is 0 Å². The predicted octanol–water partition coefficient (Wildman–Crippen LogP) is 3.80. The van der Waals surface area contributed by atoms with E-state index >= 15 is 0 Å². The van der Waals surface area contributed by atoms with Crippen molar-refractivity contribution >= 4 is 23.1 Å². The molecule has 0 atom stereocenters. The van der Waals surface area contributed by atoms with Gasteiger partial charge in [-0.05, 0) is 36.4 Å². The summed E-state index contributed by atoms with van der Waals surface area (Å²) in [7, 11) is 0. The van der Waals surface area contributed by atoms with Crippen molar-refractivity contribution in [1.82, 2.24) is 9.97 Å². The van der Waals surface area contributed by atoms with Gasteiger partial charge in [0.2, 0.25) is 0 Å². The maximum Gasteiger partial charge on any atom is 0.0709 e. The molecule has 3 rings (SSSR count). The topological polar surface area (TPSA) is 25.8 Å². The van der Waals surface area contributed by atoms with E-state index < -0.39 is 0 Å². The molecule has 3 aromatic rings. The van der Waals surface area contributed by atoms with Crippen LogP contribution in [0.4, 0.5) is 0 Å². The zero-order valence-corrected chi connectivity index (χ0v) is 9.82. The van der Waals surface area contributed by atoms with E-state index in [0.29, 0.717) is 0 Å². The van der Waals surface area contributed by atoms with Crippen LogP contribution in [-0.2, 0) is 0 Å². The summed E-state index contributed by atoms with van der Waals surface area (Å²) < 4.78 is 0. The van der Waals surface area contributed by atoms with Crippen LogP contribution in [0.15, 0.2) is 60.8 Å². The first-order chi connectivity index (χ1) is 8.92. The van der Waals surface area contributed by atoms with Gasteiger partial charge in [0.1, 0.15) is 0 Å². The number of fused-ring (bicyclic) bond motifs is 1. The van der Waals surface area contributed by atoms with Crippen molar-refractivity contribution in [3.05, 3.63) is 72.2 Å². The molecular formula is C16H12N2. The van der Waals surface area contributed by atoms with Gasteiger partial charge >= 0.3 is 0 Å². The zero-order valence-electron chi connectivity index (χ0n) is 9.82. The van der Waals surface area contributed by atoms with Crippen molar-refractivity contribution in [2.75, 3.05) is 0 Å². The summed E-state index contributed by atoms with van der Waals surface area (Å²) in [6, 6.07) is 18.1. The highest BCUT2D eigenvalue weighted by Crippen LogP contribution is 2.13. The summed E-state index contributed by atoms with van der Waals surface area (Å²) in [4.78, 5) is 8.82. The monoisotopic (exact) mass is 232 g/mol. The highest BCUT2D eigenvalue weighted by Gasteiger charge is 1.94. The molecule has 18 heavy (non-hydrogen) atoms. The molecule has 2 heteroatoms. The number of para-hydroxylation sites is 1. The van der Waals surface area contributed by atoms with Crippen LogP contribution in [0, 0.1) is 0 Å². The molecule has 0 radical (unpaired) electrons. The van der Waals surface area contributed by atoms with E-state index in [4.69, 9.17) is 0 Å². The quantitative estimate of drug-likeness (QED) is 0.671. The Morgan fingerprint density at radius 2 is 1.56 bits per heavy atom. The highest BCUT2D eigenvalue weighted by atomic mass is 14.7. The van der Waals surface area contributed by atoms with E-state index in [-0.39, 0.29) is 0 Å². The van der Waals surface area contributed by atoms with E-state index in [9.17, 15) is 0 Å². The van der Waals surface area contributed by atoms with Gasteiger partial charge < -0.3 is 0 Å². The van der Waals surface area contributed by atoms with Crippen LogP contribution in [0.3, 0.4) is 0 Å². The summed E-state index contributed by atoms with van der Waals surface area (Å²) in [6.45, 7) is 0. The SMILES string of the molecule is C(=C\c1ccc2ccccc2n1)/c1ccccn1. The minimum absolute atomic E-state index is 0.937. The minimum Gasteiger partial charge on any atom is -0.257 e.